The van der Waals surface area contributed by atoms with Gasteiger partial charge in [0.05, 0.1) is 28.6 Å². The van der Waals surface area contributed by atoms with Crippen LogP contribution in [-0.2, 0) is 0 Å². The zero-order valence-corrected chi connectivity index (χ0v) is 88.6. The van der Waals surface area contributed by atoms with Crippen molar-refractivity contribution in [2.75, 3.05) is 0 Å². The van der Waals surface area contributed by atoms with Crippen molar-refractivity contribution in [1.82, 2.24) is 0 Å². The lowest BCUT2D eigenvalue weighted by Gasteiger charge is -2.49. The van der Waals surface area contributed by atoms with E-state index in [1.165, 1.54) is 52.9 Å². The third-order valence-electron chi connectivity index (χ3n) is 34.5. The van der Waals surface area contributed by atoms with Crippen molar-refractivity contribution in [1.29, 1.82) is 0 Å². The van der Waals surface area contributed by atoms with Crippen LogP contribution in [0, 0.1) is 153 Å². The van der Waals surface area contributed by atoms with Gasteiger partial charge < -0.3 is 0 Å². The molecular formula is C104H184F30. The van der Waals surface area contributed by atoms with Crippen molar-refractivity contribution >= 4 is 0 Å². The zero-order chi connectivity index (χ0) is 107. The van der Waals surface area contributed by atoms with Crippen LogP contribution in [0.2, 0.25) is 0 Å². The highest BCUT2D eigenvalue weighted by Gasteiger charge is 2.72. The van der Waals surface area contributed by atoms with Gasteiger partial charge in [0.15, 0.2) is 10.8 Å². The van der Waals surface area contributed by atoms with Crippen molar-refractivity contribution in [2.24, 2.45) is 153 Å². The lowest BCUT2D eigenvalue weighted by molar-refractivity contribution is -0.354. The number of hydrogen-bond donors (Lipinski definition) is 0. The Hall–Kier alpha value is -2.10. The SMILES string of the molecule is CC(C)(C)C.CC(C)(C)C(C)(C)C(C)(C)C.CC(C)C(C)(C)C(C)(C)C.CC1CCC(C(F)(F)F)(C(F)(F)F)CC1.CC1CCC(C(F)(F)F)CC1.CC1CCC2(CC1)CCC(C(F)(F)F)(C(F)(F)F)CC2.CC1CCCC(C(F)(F)F)[C@@H]1C.C[C@@H]1CCCC(C(F)(F)F)C1.C[C@@H]1CCCCC1(C)C(F)(F)F.C[C@H](C(C)(C)C)C(C)(C)C(F)(F)F.C[C@H]1CC2CCC1(C)CC2.FC(F)F. The Balaban J connectivity index is -0.00000142. The van der Waals surface area contributed by atoms with Crippen LogP contribution in [0.4, 0.5) is 132 Å². The summed E-state index contributed by atoms with van der Waals surface area (Å²) in [5.41, 5.74) is -7.34. The van der Waals surface area contributed by atoms with Crippen LogP contribution in [-0.4, -0.2) is 62.3 Å². The number of alkyl halides is 30. The number of hydrogen-bond acceptors (Lipinski definition) is 0. The first-order valence-electron chi connectivity index (χ1n) is 49.5. The Morgan fingerprint density at radius 3 is 0.873 bits per heavy atom. The Bertz CT molecular complexity index is 3070. The molecule has 2 bridgehead atoms. The van der Waals surface area contributed by atoms with Crippen LogP contribution < -0.4 is 0 Å². The summed E-state index contributed by atoms with van der Waals surface area (Å²) < 4.78 is 367. The highest BCUT2D eigenvalue weighted by atomic mass is 19.5. The van der Waals surface area contributed by atoms with Crippen molar-refractivity contribution in [3.63, 3.8) is 0 Å². The summed E-state index contributed by atoms with van der Waals surface area (Å²) in [5, 5.41) is 0. The molecule has 10 rings (SSSR count). The van der Waals surface area contributed by atoms with Gasteiger partial charge in [-0.15, -0.1) is 0 Å². The van der Waals surface area contributed by atoms with Gasteiger partial charge in [-0.1, -0.05) is 307 Å². The Labute approximate surface area is 791 Å². The molecule has 0 aliphatic heterocycles. The first kappa shape index (κ1) is 136. The van der Waals surface area contributed by atoms with E-state index in [-0.39, 0.29) is 66.1 Å². The fourth-order valence-electron chi connectivity index (χ4n) is 19.3. The number of rotatable bonds is 2. The predicted molar refractivity (Wildman–Crippen MR) is 488 cm³/mol. The van der Waals surface area contributed by atoms with Crippen LogP contribution in [0.5, 0.6) is 0 Å². The van der Waals surface area contributed by atoms with Crippen LogP contribution in [0.3, 0.4) is 0 Å². The molecule has 0 nitrogen and oxygen atoms in total. The van der Waals surface area contributed by atoms with Crippen LogP contribution in [0.1, 0.15) is 448 Å². The van der Waals surface area contributed by atoms with E-state index in [0.717, 1.165) is 107 Å². The molecule has 0 aromatic rings. The maximum absolute atomic E-state index is 13.0. The quantitative estimate of drug-likeness (QED) is 0.242. The molecular weight excluding hydrogens is 1820 g/mol. The van der Waals surface area contributed by atoms with Crippen LogP contribution >= 0.6 is 0 Å². The van der Waals surface area contributed by atoms with Gasteiger partial charge >= 0.3 is 62.3 Å². The largest absolute Gasteiger partial charge is 0.403 e. The second kappa shape index (κ2) is 51.6. The molecule has 0 saturated heterocycles. The third kappa shape index (κ3) is 43.4. The first-order chi connectivity index (χ1) is 59.0. The van der Waals surface area contributed by atoms with Gasteiger partial charge in [-0.3, -0.25) is 0 Å². The molecule has 4 unspecified atom stereocenters. The highest BCUT2D eigenvalue weighted by molar-refractivity contribution is 5.03. The fraction of sp³-hybridized carbons (Fsp3) is 1.00. The molecule has 10 fully saturated rings. The number of halogens is 30. The minimum Gasteiger partial charge on any atom is -0.174 e. The molecule has 0 N–H and O–H groups in total. The predicted octanol–water partition coefficient (Wildman–Crippen LogP) is 42.8. The van der Waals surface area contributed by atoms with E-state index in [9.17, 15) is 132 Å². The Kier molecular flexibility index (Phi) is 52.4. The topological polar surface area (TPSA) is 0 Å². The van der Waals surface area contributed by atoms with Gasteiger partial charge in [-0.2, -0.15) is 132 Å². The summed E-state index contributed by atoms with van der Waals surface area (Å²) in [5.74, 6) is 0.440. The molecule has 0 amide bonds. The molecule has 0 aromatic carbocycles. The Morgan fingerprint density at radius 2 is 0.642 bits per heavy atom. The highest BCUT2D eigenvalue weighted by Crippen LogP contribution is 2.65. The molecule has 30 heteroatoms. The lowest BCUT2D eigenvalue weighted by Crippen LogP contribution is -2.53. The van der Waals surface area contributed by atoms with Gasteiger partial charge in [0.1, 0.15) is 0 Å². The average Bonchev–Trinajstić information content (AvgIpc) is 0.722. The Morgan fingerprint density at radius 1 is 0.291 bits per heavy atom. The molecule has 810 valence electrons. The molecule has 10 aliphatic rings. The molecule has 134 heavy (non-hydrogen) atoms. The van der Waals surface area contributed by atoms with Crippen LogP contribution in [0.15, 0.2) is 0 Å². The molecule has 9 atom stereocenters. The average molecular weight is 2000 g/mol. The fourth-order valence-corrected chi connectivity index (χ4v) is 19.3. The van der Waals surface area contributed by atoms with E-state index < -0.39 is 133 Å². The van der Waals surface area contributed by atoms with Gasteiger partial charge in [0.2, 0.25) is 0 Å². The van der Waals surface area contributed by atoms with Crippen molar-refractivity contribution in [2.45, 2.75) is 510 Å². The number of fused-ring (bicyclic) bond motifs is 3. The molecule has 1 spiro atoms. The normalized spacial score (nSPS) is 28.0. The summed E-state index contributed by atoms with van der Waals surface area (Å²) >= 11 is 0. The molecule has 0 aromatic heterocycles. The second-order valence-corrected chi connectivity index (χ2v) is 50.5. The molecule has 0 radical (unpaired) electrons. The van der Waals surface area contributed by atoms with Crippen molar-refractivity contribution in [3.05, 3.63) is 0 Å². The summed E-state index contributed by atoms with van der Waals surface area (Å²) in [7, 11) is 0. The van der Waals surface area contributed by atoms with E-state index in [4.69, 9.17) is 0 Å². The molecule has 10 saturated carbocycles. The minimum atomic E-state index is -5.20. The smallest absolute Gasteiger partial charge is 0.174 e. The summed E-state index contributed by atoms with van der Waals surface area (Å²) in [6.07, 6.45) is -23.7. The standard InChI is InChI=1S/C14H20F6.C11H24.C10H19F3.C10H18.C10H22.C9H12F6.2C9H15F3.2C8H13F3.C5H12.CHF3/c1-10-2-4-11(5-3-10)6-8-12(9-7-11,13(15,16)17)14(18,19)20;1-9(2,3)11(7,8)10(4,5)6;1-7(8(2,3)4)9(5,6)10(11,12)13;1-8-7-9-3-5-10(8,2)6-4-9;1-8(2)10(6,7)9(3,4)5;1-6-2-4-7(5-3-6,8(10,11)12)9(13,14)15;1-7-5-3-4-6-8(7,2)9(10,11)12;1-6-4-3-5-8(7(6)2)9(10,11)12;1-6-2-4-7(5-3-6)8(9,10)11;1-6-3-2-4-7(5-6)8(9,10)11;1-5(2,3)4;2-1(3)4/h10H,2-9H2,1H3;1-8H3;7H,1-6H3;8-9H,3-7H2,1-2H3;8H,1-7H3;6H,2-5H2,1H3;7H,3-6H2,1-2H3;6-8H,3-5H2,1-2H3;2*6-7H,2-5H2,1H3;1-4H3;1H/t;;7-;8-,9?,10?;;;7-,8?;6?,7-,8?;;6-,7?;;/m..10..11.1../s1. The van der Waals surface area contributed by atoms with E-state index in [2.05, 4.69) is 152 Å². The van der Waals surface area contributed by atoms with E-state index in [0.29, 0.717) is 82.9 Å². The zero-order valence-electron chi connectivity index (χ0n) is 88.6. The van der Waals surface area contributed by atoms with E-state index in [1.807, 2.05) is 41.5 Å². The maximum atomic E-state index is 13.0. The first-order valence-corrected chi connectivity index (χ1v) is 49.5. The minimum absolute atomic E-state index is 0.0149. The second-order valence-electron chi connectivity index (χ2n) is 50.5. The lowest BCUT2D eigenvalue weighted by atomic mass is 9.56. The van der Waals surface area contributed by atoms with Gasteiger partial charge in [0, 0.05) is 0 Å². The summed E-state index contributed by atoms with van der Waals surface area (Å²) in [6.45, 7) is 69.0. The van der Waals surface area contributed by atoms with Crippen molar-refractivity contribution < 1.29 is 132 Å². The van der Waals surface area contributed by atoms with E-state index in [1.54, 1.807) is 27.7 Å². The van der Waals surface area contributed by atoms with E-state index >= 15 is 0 Å². The summed E-state index contributed by atoms with van der Waals surface area (Å²) in [6, 6.07) is 0. The van der Waals surface area contributed by atoms with Gasteiger partial charge in [0.25, 0.3) is 0 Å². The monoisotopic (exact) mass is 2000 g/mol. The molecule has 10 aliphatic carbocycles. The molecule has 0 heterocycles. The van der Waals surface area contributed by atoms with Crippen LogP contribution in [0.25, 0.3) is 0 Å². The van der Waals surface area contributed by atoms with Gasteiger partial charge in [-0.05, 0) is 255 Å². The summed E-state index contributed by atoms with van der Waals surface area (Å²) in [4.78, 5) is 0. The maximum Gasteiger partial charge on any atom is 0.403 e. The third-order valence-corrected chi connectivity index (χ3v) is 34.5. The van der Waals surface area contributed by atoms with Crippen molar-refractivity contribution in [3.8, 4) is 0 Å². The van der Waals surface area contributed by atoms with Gasteiger partial charge in [-0.25, -0.2) is 0 Å².